The number of rotatable bonds is 4. The number of aliphatic hydroxyl groups is 1. The first-order valence-corrected chi connectivity index (χ1v) is 7.78. The predicted molar refractivity (Wildman–Crippen MR) is 88.0 cm³/mol. The lowest BCUT2D eigenvalue weighted by Crippen LogP contribution is -3.05. The van der Waals surface area contributed by atoms with Crippen molar-refractivity contribution in [3.63, 3.8) is 0 Å². The van der Waals surface area contributed by atoms with Crippen molar-refractivity contribution in [3.05, 3.63) is 40.4 Å². The second kappa shape index (κ2) is 6.78. The van der Waals surface area contributed by atoms with Crippen LogP contribution in [0.25, 0.3) is 11.3 Å². The summed E-state index contributed by atoms with van der Waals surface area (Å²) in [7, 11) is 0. The van der Waals surface area contributed by atoms with Gasteiger partial charge >= 0.3 is 0 Å². The van der Waals surface area contributed by atoms with E-state index in [2.05, 4.69) is 20.6 Å². The summed E-state index contributed by atoms with van der Waals surface area (Å²) in [6.45, 7) is 4.20. The van der Waals surface area contributed by atoms with Crippen LogP contribution in [0.15, 0.2) is 18.2 Å². The maximum absolute atomic E-state index is 13.4. The van der Waals surface area contributed by atoms with Gasteiger partial charge in [0.15, 0.2) is 0 Å². The highest BCUT2D eigenvalue weighted by molar-refractivity contribution is 5.71. The number of halogens is 1. The molecule has 1 aliphatic rings. The number of benzene rings is 1. The van der Waals surface area contributed by atoms with Gasteiger partial charge in [0, 0.05) is 18.2 Å². The van der Waals surface area contributed by atoms with Crippen LogP contribution in [-0.4, -0.2) is 34.4 Å². The molecule has 128 valence electrons. The SMILES string of the molecule is Cc1cc(F)ccc1-c1nc(N[C@@H](C)CO)nc2c1CNC[NH+]2[O-]. The first-order chi connectivity index (χ1) is 11.5. The topological polar surface area (TPSA) is 97.6 Å². The van der Waals surface area contributed by atoms with E-state index in [1.54, 1.807) is 19.9 Å². The molecule has 0 bridgehead atoms. The van der Waals surface area contributed by atoms with E-state index in [0.29, 0.717) is 23.6 Å². The lowest BCUT2D eigenvalue weighted by Gasteiger charge is -2.29. The summed E-state index contributed by atoms with van der Waals surface area (Å²) in [5.74, 6) is 0.333. The molecular formula is C16H20FN5O2. The molecule has 1 aromatic carbocycles. The van der Waals surface area contributed by atoms with Gasteiger partial charge in [-0.25, -0.2) is 9.37 Å². The van der Waals surface area contributed by atoms with E-state index in [-0.39, 0.29) is 36.1 Å². The van der Waals surface area contributed by atoms with Crippen LogP contribution in [0.5, 0.6) is 0 Å². The molecule has 2 heterocycles. The van der Waals surface area contributed by atoms with Gasteiger partial charge in [-0.05, 0) is 37.6 Å². The number of aliphatic hydroxyl groups excluding tert-OH is 1. The van der Waals surface area contributed by atoms with Gasteiger partial charge in [-0.1, -0.05) is 0 Å². The van der Waals surface area contributed by atoms with E-state index in [9.17, 15) is 14.7 Å². The zero-order chi connectivity index (χ0) is 17.3. The van der Waals surface area contributed by atoms with Crippen molar-refractivity contribution in [2.75, 3.05) is 18.6 Å². The first kappa shape index (κ1) is 16.7. The van der Waals surface area contributed by atoms with Gasteiger partial charge in [-0.15, -0.1) is 0 Å². The van der Waals surface area contributed by atoms with Crippen LogP contribution in [0.3, 0.4) is 0 Å². The molecular weight excluding hydrogens is 313 g/mol. The van der Waals surface area contributed by atoms with E-state index in [0.717, 1.165) is 11.1 Å². The lowest BCUT2D eigenvalue weighted by atomic mass is 10.0. The smallest absolute Gasteiger partial charge is 0.237 e. The summed E-state index contributed by atoms with van der Waals surface area (Å²) in [6, 6.07) is 4.22. The van der Waals surface area contributed by atoms with Gasteiger partial charge in [0.2, 0.25) is 11.8 Å². The predicted octanol–water partition coefficient (Wildman–Crippen LogP) is 0.459. The second-order valence-corrected chi connectivity index (χ2v) is 5.94. The molecule has 0 radical (unpaired) electrons. The Hall–Kier alpha value is -2.13. The van der Waals surface area contributed by atoms with Crippen LogP contribution in [0.4, 0.5) is 16.2 Å². The summed E-state index contributed by atoms with van der Waals surface area (Å²) < 4.78 is 13.4. The molecule has 2 atom stereocenters. The molecule has 4 N–H and O–H groups in total. The zero-order valence-electron chi connectivity index (χ0n) is 13.6. The van der Waals surface area contributed by atoms with Gasteiger partial charge < -0.3 is 20.7 Å². The van der Waals surface area contributed by atoms with Gasteiger partial charge in [0.25, 0.3) is 0 Å². The van der Waals surface area contributed by atoms with E-state index < -0.39 is 0 Å². The molecule has 1 aliphatic heterocycles. The van der Waals surface area contributed by atoms with Crippen LogP contribution >= 0.6 is 0 Å². The molecule has 7 nitrogen and oxygen atoms in total. The third-order valence-electron chi connectivity index (χ3n) is 3.95. The highest BCUT2D eigenvalue weighted by Gasteiger charge is 2.25. The van der Waals surface area contributed by atoms with Crippen LogP contribution in [0, 0.1) is 17.9 Å². The van der Waals surface area contributed by atoms with Crippen LogP contribution in [0.1, 0.15) is 18.1 Å². The molecule has 0 saturated carbocycles. The fourth-order valence-electron chi connectivity index (χ4n) is 2.71. The number of hydrogen-bond acceptors (Lipinski definition) is 6. The normalized spacial score (nSPS) is 18.1. The van der Waals surface area contributed by atoms with Crippen LogP contribution in [-0.2, 0) is 6.54 Å². The van der Waals surface area contributed by atoms with Crippen molar-refractivity contribution >= 4 is 11.8 Å². The minimum atomic E-state index is -0.319. The Labute approximate surface area is 139 Å². The Morgan fingerprint density at radius 1 is 1.46 bits per heavy atom. The summed E-state index contributed by atoms with van der Waals surface area (Å²) in [6.07, 6.45) is 0. The monoisotopic (exact) mass is 333 g/mol. The molecule has 24 heavy (non-hydrogen) atoms. The number of nitrogens with zero attached hydrogens (tertiary/aromatic N) is 2. The minimum absolute atomic E-state index is 0.0825. The molecule has 0 spiro atoms. The molecule has 0 aliphatic carbocycles. The Morgan fingerprint density at radius 2 is 2.25 bits per heavy atom. The summed E-state index contributed by atoms with van der Waals surface area (Å²) in [4.78, 5) is 8.84. The average molecular weight is 333 g/mol. The van der Waals surface area contributed by atoms with Crippen molar-refractivity contribution in [2.24, 2.45) is 0 Å². The molecule has 8 heteroatoms. The lowest BCUT2D eigenvalue weighted by molar-refractivity contribution is -0.786. The second-order valence-electron chi connectivity index (χ2n) is 5.94. The molecule has 0 fully saturated rings. The maximum atomic E-state index is 13.4. The Kier molecular flexibility index (Phi) is 4.72. The van der Waals surface area contributed by atoms with Crippen molar-refractivity contribution in [1.29, 1.82) is 0 Å². The van der Waals surface area contributed by atoms with Crippen molar-refractivity contribution in [3.8, 4) is 11.3 Å². The Bertz CT molecular complexity index is 755. The standard InChI is InChI=1S/C16H20FN5O2/c1-9-5-11(17)3-4-12(9)14-13-6-18-8-22(24)15(13)21-16(20-14)19-10(2)7-23/h3-5,10,18,22-23H,6-8H2,1-2H3,(H,19,20,21)/t10-/m0/s1. The molecule has 1 aromatic heterocycles. The molecule has 0 amide bonds. The van der Waals surface area contributed by atoms with Crippen molar-refractivity contribution < 1.29 is 14.6 Å². The van der Waals surface area contributed by atoms with E-state index >= 15 is 0 Å². The number of aryl methyl sites for hydroxylation is 1. The van der Waals surface area contributed by atoms with Crippen LogP contribution in [0.2, 0.25) is 0 Å². The van der Waals surface area contributed by atoms with E-state index in [1.165, 1.54) is 12.1 Å². The van der Waals surface area contributed by atoms with Crippen LogP contribution < -0.4 is 15.7 Å². The quantitative estimate of drug-likeness (QED) is 0.607. The average Bonchev–Trinajstić information content (AvgIpc) is 2.55. The molecule has 1 unspecified atom stereocenters. The molecule has 2 aromatic rings. The van der Waals surface area contributed by atoms with E-state index in [1.807, 2.05) is 0 Å². The van der Waals surface area contributed by atoms with E-state index in [4.69, 9.17) is 0 Å². The Morgan fingerprint density at radius 3 is 2.96 bits per heavy atom. The third-order valence-corrected chi connectivity index (χ3v) is 3.95. The van der Waals surface area contributed by atoms with Gasteiger partial charge in [-0.3, -0.25) is 5.32 Å². The van der Waals surface area contributed by atoms with Gasteiger partial charge in [0.1, 0.15) is 12.5 Å². The van der Waals surface area contributed by atoms with Crippen molar-refractivity contribution in [1.82, 2.24) is 15.3 Å². The summed E-state index contributed by atoms with van der Waals surface area (Å²) >= 11 is 0. The number of hydrogen-bond donors (Lipinski definition) is 4. The highest BCUT2D eigenvalue weighted by Crippen LogP contribution is 2.30. The number of quaternary nitrogens is 1. The van der Waals surface area contributed by atoms with Gasteiger partial charge in [0.05, 0.1) is 17.9 Å². The maximum Gasteiger partial charge on any atom is 0.237 e. The highest BCUT2D eigenvalue weighted by atomic mass is 19.1. The fourth-order valence-corrected chi connectivity index (χ4v) is 2.71. The number of fused-ring (bicyclic) bond motifs is 1. The third kappa shape index (κ3) is 3.22. The number of hydroxylamine groups is 1. The van der Waals surface area contributed by atoms with Crippen molar-refractivity contribution in [2.45, 2.75) is 26.4 Å². The molecule has 0 saturated heterocycles. The Balaban J connectivity index is 2.15. The minimum Gasteiger partial charge on any atom is -0.627 e. The fraction of sp³-hybridized carbons (Fsp3) is 0.375. The zero-order valence-corrected chi connectivity index (χ0v) is 13.6. The number of aromatic nitrogens is 2. The first-order valence-electron chi connectivity index (χ1n) is 7.78. The summed E-state index contributed by atoms with van der Waals surface area (Å²) in [5.41, 5.74) is 2.80. The van der Waals surface area contributed by atoms with Gasteiger partial charge in [-0.2, -0.15) is 4.98 Å². The largest absolute Gasteiger partial charge is 0.627 e. The number of nitrogens with one attached hydrogen (secondary N) is 3. The summed E-state index contributed by atoms with van der Waals surface area (Å²) in [5, 5.41) is 27.3. The number of anilines is 1. The molecule has 3 rings (SSSR count).